The molecule has 0 aliphatic carbocycles. The first-order valence-corrected chi connectivity index (χ1v) is 10.7. The fourth-order valence-corrected chi connectivity index (χ4v) is 3.86. The van der Waals surface area contributed by atoms with Crippen LogP contribution in [0.1, 0.15) is 21.7 Å². The Bertz CT molecular complexity index is 1260. The van der Waals surface area contributed by atoms with E-state index in [1.807, 2.05) is 37.5 Å². The Balaban J connectivity index is 1.33. The maximum absolute atomic E-state index is 13.0. The third kappa shape index (κ3) is 4.56. The van der Waals surface area contributed by atoms with E-state index in [1.54, 1.807) is 29.3 Å². The van der Waals surface area contributed by atoms with Crippen LogP contribution in [0.25, 0.3) is 22.2 Å². The number of hydrogen-bond donors (Lipinski definition) is 0. The lowest BCUT2D eigenvalue weighted by molar-refractivity contribution is 0.0336. The number of pyridine rings is 3. The predicted octanol–water partition coefficient (Wildman–Crippen LogP) is 2.68. The maximum atomic E-state index is 13.0. The zero-order chi connectivity index (χ0) is 21.9. The molecule has 0 bridgehead atoms. The van der Waals surface area contributed by atoms with Crippen LogP contribution >= 0.6 is 0 Å². The second kappa shape index (κ2) is 8.94. The van der Waals surface area contributed by atoms with Gasteiger partial charge in [-0.1, -0.05) is 0 Å². The molecule has 0 saturated carbocycles. The Kier molecular flexibility index (Phi) is 5.70. The fourth-order valence-electron chi connectivity index (χ4n) is 3.86. The summed E-state index contributed by atoms with van der Waals surface area (Å²) in [5.41, 5.74) is 4.86. The Morgan fingerprint density at radius 3 is 2.75 bits per heavy atom. The van der Waals surface area contributed by atoms with Crippen LogP contribution in [0.5, 0.6) is 0 Å². The summed E-state index contributed by atoms with van der Waals surface area (Å²) in [5.74, 6) is 0.0193. The van der Waals surface area contributed by atoms with E-state index in [9.17, 15) is 4.79 Å². The largest absolute Gasteiger partial charge is 0.379 e. The minimum absolute atomic E-state index is 0.0193. The quantitative estimate of drug-likeness (QED) is 0.437. The van der Waals surface area contributed by atoms with Gasteiger partial charge in [-0.15, -0.1) is 0 Å². The highest BCUT2D eigenvalue weighted by atomic mass is 16.5. The molecule has 0 aromatic carbocycles. The number of Topliss-reactive ketones (excluding diaryl/α,β-unsaturated/α-hetero) is 1. The molecular formula is C24H24N6O2. The lowest BCUT2D eigenvalue weighted by Gasteiger charge is -2.26. The number of carbonyl (C=O) groups is 1. The highest BCUT2D eigenvalue weighted by Gasteiger charge is 2.14. The molecule has 0 unspecified atom stereocenters. The van der Waals surface area contributed by atoms with Crippen LogP contribution in [-0.2, 0) is 24.8 Å². The van der Waals surface area contributed by atoms with E-state index in [-0.39, 0.29) is 12.2 Å². The Hall–Kier alpha value is -3.49. The third-order valence-corrected chi connectivity index (χ3v) is 5.60. The van der Waals surface area contributed by atoms with Gasteiger partial charge in [0.2, 0.25) is 0 Å². The van der Waals surface area contributed by atoms with Gasteiger partial charge in [0.25, 0.3) is 0 Å². The first-order chi connectivity index (χ1) is 15.6. The molecule has 0 atom stereocenters. The zero-order valence-corrected chi connectivity index (χ0v) is 17.9. The van der Waals surface area contributed by atoms with Crippen molar-refractivity contribution in [2.75, 3.05) is 26.3 Å². The lowest BCUT2D eigenvalue weighted by atomic mass is 10.1. The molecule has 0 spiro atoms. The first kappa shape index (κ1) is 20.4. The fraction of sp³-hybridized carbons (Fsp3) is 0.292. The molecule has 162 valence electrons. The smallest absolute Gasteiger partial charge is 0.168 e. The van der Waals surface area contributed by atoms with Gasteiger partial charge in [-0.3, -0.25) is 24.3 Å². The summed E-state index contributed by atoms with van der Waals surface area (Å²) >= 11 is 0. The van der Waals surface area contributed by atoms with Crippen LogP contribution < -0.4 is 0 Å². The molecule has 1 aliphatic heterocycles. The normalized spacial score (nSPS) is 14.7. The number of aryl methyl sites for hydroxylation is 1. The number of aromatic nitrogens is 5. The summed E-state index contributed by atoms with van der Waals surface area (Å²) in [6.07, 6.45) is 7.41. The van der Waals surface area contributed by atoms with E-state index < -0.39 is 0 Å². The standard InChI is InChI=1S/C24H24N6O2/c1-29-15-19(14-27-29)22-3-2-18-13-26-20(11-23(18)28-22)12-24(31)17-4-5-25-21(10-17)16-30-6-8-32-9-7-30/h2-5,10-11,13-15H,6-9,12,16H2,1H3. The first-order valence-electron chi connectivity index (χ1n) is 10.7. The molecule has 32 heavy (non-hydrogen) atoms. The third-order valence-electron chi connectivity index (χ3n) is 5.60. The van der Waals surface area contributed by atoms with Crippen LogP contribution in [0.2, 0.25) is 0 Å². The van der Waals surface area contributed by atoms with Gasteiger partial charge < -0.3 is 4.74 Å². The zero-order valence-electron chi connectivity index (χ0n) is 17.9. The van der Waals surface area contributed by atoms with Crippen LogP contribution in [0, 0.1) is 0 Å². The molecule has 1 aliphatic rings. The molecule has 1 fully saturated rings. The van der Waals surface area contributed by atoms with Crippen molar-refractivity contribution >= 4 is 16.7 Å². The molecule has 5 rings (SSSR count). The molecule has 8 nitrogen and oxygen atoms in total. The van der Waals surface area contributed by atoms with E-state index >= 15 is 0 Å². The van der Waals surface area contributed by atoms with Gasteiger partial charge in [-0.2, -0.15) is 5.10 Å². The van der Waals surface area contributed by atoms with E-state index in [0.717, 1.165) is 60.7 Å². The molecule has 4 aromatic heterocycles. The maximum Gasteiger partial charge on any atom is 0.168 e. The van der Waals surface area contributed by atoms with E-state index in [0.29, 0.717) is 11.3 Å². The summed E-state index contributed by atoms with van der Waals surface area (Å²) in [6, 6.07) is 9.49. The minimum atomic E-state index is 0.0193. The van der Waals surface area contributed by atoms with Crippen molar-refractivity contribution in [1.82, 2.24) is 29.6 Å². The van der Waals surface area contributed by atoms with Crippen LogP contribution in [0.4, 0.5) is 0 Å². The molecule has 5 heterocycles. The Labute approximate surface area is 185 Å². The van der Waals surface area contributed by atoms with Crippen molar-refractivity contribution in [2.24, 2.45) is 7.05 Å². The van der Waals surface area contributed by atoms with E-state index in [4.69, 9.17) is 9.72 Å². The van der Waals surface area contributed by atoms with E-state index in [1.165, 1.54) is 0 Å². The summed E-state index contributed by atoms with van der Waals surface area (Å²) < 4.78 is 7.15. The van der Waals surface area contributed by atoms with Gasteiger partial charge in [-0.25, -0.2) is 4.98 Å². The number of ketones is 1. The van der Waals surface area contributed by atoms with Gasteiger partial charge >= 0.3 is 0 Å². The number of hydrogen-bond acceptors (Lipinski definition) is 7. The Morgan fingerprint density at radius 2 is 1.94 bits per heavy atom. The SMILES string of the molecule is Cn1cc(-c2ccc3cnc(CC(=O)c4ccnc(CN5CCOCC5)c4)cc3n2)cn1. The van der Waals surface area contributed by atoms with Crippen LogP contribution in [0.3, 0.4) is 0 Å². The average Bonchev–Trinajstić information content (AvgIpc) is 3.26. The highest BCUT2D eigenvalue weighted by Crippen LogP contribution is 2.21. The monoisotopic (exact) mass is 428 g/mol. The van der Waals surface area contributed by atoms with Crippen molar-refractivity contribution in [3.8, 4) is 11.3 Å². The van der Waals surface area contributed by atoms with Gasteiger partial charge in [0, 0.05) is 61.8 Å². The number of morpholine rings is 1. The van der Waals surface area contributed by atoms with E-state index in [2.05, 4.69) is 20.0 Å². The molecule has 0 amide bonds. The number of ether oxygens (including phenoxy) is 1. The molecular weight excluding hydrogens is 404 g/mol. The molecule has 0 radical (unpaired) electrons. The molecule has 4 aromatic rings. The van der Waals surface area contributed by atoms with Gasteiger partial charge in [0.05, 0.1) is 48.4 Å². The molecule has 1 saturated heterocycles. The summed E-state index contributed by atoms with van der Waals surface area (Å²) in [7, 11) is 1.88. The number of fused-ring (bicyclic) bond motifs is 1. The van der Waals surface area contributed by atoms with Crippen molar-refractivity contribution in [1.29, 1.82) is 0 Å². The average molecular weight is 428 g/mol. The number of rotatable bonds is 6. The second-order valence-electron chi connectivity index (χ2n) is 7.99. The van der Waals surface area contributed by atoms with Gasteiger partial charge in [0.15, 0.2) is 5.78 Å². The van der Waals surface area contributed by atoms with Crippen molar-refractivity contribution in [3.05, 3.63) is 72.1 Å². The van der Waals surface area contributed by atoms with Gasteiger partial charge in [-0.05, 0) is 30.3 Å². The Morgan fingerprint density at radius 1 is 1.06 bits per heavy atom. The second-order valence-corrected chi connectivity index (χ2v) is 7.99. The summed E-state index contributed by atoms with van der Waals surface area (Å²) in [5, 5.41) is 5.15. The summed E-state index contributed by atoms with van der Waals surface area (Å²) in [4.78, 5) is 28.9. The van der Waals surface area contributed by atoms with Crippen LogP contribution in [0.15, 0.2) is 55.1 Å². The highest BCUT2D eigenvalue weighted by molar-refractivity contribution is 5.97. The van der Waals surface area contributed by atoms with Crippen molar-refractivity contribution < 1.29 is 9.53 Å². The predicted molar refractivity (Wildman–Crippen MR) is 120 cm³/mol. The lowest BCUT2D eigenvalue weighted by Crippen LogP contribution is -2.35. The molecule has 0 N–H and O–H groups in total. The van der Waals surface area contributed by atoms with Crippen molar-refractivity contribution in [3.63, 3.8) is 0 Å². The van der Waals surface area contributed by atoms with Crippen molar-refractivity contribution in [2.45, 2.75) is 13.0 Å². The number of carbonyl (C=O) groups excluding carboxylic acids is 1. The summed E-state index contributed by atoms with van der Waals surface area (Å²) in [6.45, 7) is 3.97. The van der Waals surface area contributed by atoms with Gasteiger partial charge in [0.1, 0.15) is 0 Å². The molecule has 8 heteroatoms. The number of nitrogens with zero attached hydrogens (tertiary/aromatic N) is 6. The minimum Gasteiger partial charge on any atom is -0.379 e. The van der Waals surface area contributed by atoms with Crippen LogP contribution in [-0.4, -0.2) is 61.7 Å². The topological polar surface area (TPSA) is 86.0 Å².